The van der Waals surface area contributed by atoms with Crippen LogP contribution in [-0.4, -0.2) is 68.8 Å². The second-order valence-electron chi connectivity index (χ2n) is 5.41. The molecule has 0 spiro atoms. The molecule has 2 aliphatic rings. The van der Waals surface area contributed by atoms with Gasteiger partial charge in [0.05, 0.1) is 17.6 Å². The van der Waals surface area contributed by atoms with E-state index in [9.17, 15) is 13.5 Å². The highest BCUT2D eigenvalue weighted by Gasteiger charge is 2.36. The lowest BCUT2D eigenvalue weighted by molar-refractivity contribution is 0.155. The van der Waals surface area contributed by atoms with Gasteiger partial charge in [0.25, 0.3) is 0 Å². The van der Waals surface area contributed by atoms with E-state index in [1.54, 1.807) is 0 Å². The molecule has 2 saturated heterocycles. The van der Waals surface area contributed by atoms with Crippen LogP contribution in [-0.2, 0) is 9.84 Å². The van der Waals surface area contributed by atoms with Crippen LogP contribution in [0, 0.1) is 5.92 Å². The maximum absolute atomic E-state index is 11.3. The predicted octanol–water partition coefficient (Wildman–Crippen LogP) is -0.924. The largest absolute Gasteiger partial charge is 0.390 e. The van der Waals surface area contributed by atoms with E-state index >= 15 is 0 Å². The molecule has 2 fully saturated rings. The van der Waals surface area contributed by atoms with Crippen molar-refractivity contribution in [2.24, 2.45) is 5.92 Å². The molecule has 5 nitrogen and oxygen atoms in total. The molecule has 17 heavy (non-hydrogen) atoms. The van der Waals surface area contributed by atoms with Gasteiger partial charge in [-0.05, 0) is 45.4 Å². The van der Waals surface area contributed by atoms with Crippen LogP contribution in [0.5, 0.6) is 0 Å². The molecule has 0 saturated carbocycles. The Morgan fingerprint density at radius 1 is 1.29 bits per heavy atom. The number of hydrogen-bond acceptors (Lipinski definition) is 5. The third-order valence-electron chi connectivity index (χ3n) is 3.83. The van der Waals surface area contributed by atoms with Gasteiger partial charge < -0.3 is 15.3 Å². The fourth-order valence-electron chi connectivity index (χ4n) is 2.61. The van der Waals surface area contributed by atoms with Gasteiger partial charge in [0.15, 0.2) is 9.84 Å². The summed E-state index contributed by atoms with van der Waals surface area (Å²) in [6.07, 6.45) is 1.57. The van der Waals surface area contributed by atoms with E-state index in [2.05, 4.69) is 17.3 Å². The summed E-state index contributed by atoms with van der Waals surface area (Å²) in [6, 6.07) is -0.264. The van der Waals surface area contributed by atoms with E-state index in [-0.39, 0.29) is 17.5 Å². The van der Waals surface area contributed by atoms with E-state index in [1.807, 2.05) is 0 Å². The molecule has 0 radical (unpaired) electrons. The highest BCUT2D eigenvalue weighted by Crippen LogP contribution is 2.17. The fraction of sp³-hybridized carbons (Fsp3) is 1.00. The molecule has 2 rings (SSSR count). The van der Waals surface area contributed by atoms with Crippen molar-refractivity contribution in [2.45, 2.75) is 25.0 Å². The molecule has 0 aliphatic carbocycles. The quantitative estimate of drug-likeness (QED) is 0.688. The summed E-state index contributed by atoms with van der Waals surface area (Å²) in [5.41, 5.74) is 0. The van der Waals surface area contributed by atoms with E-state index < -0.39 is 15.9 Å². The second-order valence-corrected chi connectivity index (χ2v) is 7.56. The number of likely N-dealkylation sites (tertiary alicyclic amines) is 1. The van der Waals surface area contributed by atoms with Gasteiger partial charge in [0, 0.05) is 6.04 Å². The van der Waals surface area contributed by atoms with Crippen LogP contribution in [0.25, 0.3) is 0 Å². The Hall–Kier alpha value is -0.170. The molecule has 0 amide bonds. The number of rotatable bonds is 3. The second kappa shape index (κ2) is 5.22. The van der Waals surface area contributed by atoms with Gasteiger partial charge in [0.2, 0.25) is 0 Å². The van der Waals surface area contributed by atoms with Gasteiger partial charge in [0.1, 0.15) is 0 Å². The number of sulfone groups is 1. The molecule has 2 N–H and O–H groups in total. The van der Waals surface area contributed by atoms with Crippen molar-refractivity contribution in [3.05, 3.63) is 0 Å². The maximum atomic E-state index is 11.3. The first-order valence-corrected chi connectivity index (χ1v) is 8.09. The Morgan fingerprint density at radius 2 is 1.94 bits per heavy atom. The van der Waals surface area contributed by atoms with Crippen molar-refractivity contribution in [3.8, 4) is 0 Å². The maximum Gasteiger partial charge on any atom is 0.154 e. The summed E-state index contributed by atoms with van der Waals surface area (Å²) >= 11 is 0. The third-order valence-corrected chi connectivity index (χ3v) is 5.55. The molecule has 2 unspecified atom stereocenters. The van der Waals surface area contributed by atoms with Crippen LogP contribution in [0.3, 0.4) is 0 Å². The van der Waals surface area contributed by atoms with Crippen LogP contribution >= 0.6 is 0 Å². The van der Waals surface area contributed by atoms with Crippen LogP contribution in [0.2, 0.25) is 0 Å². The Bertz CT molecular complexity index is 350. The third kappa shape index (κ3) is 3.64. The minimum Gasteiger partial charge on any atom is -0.390 e. The van der Waals surface area contributed by atoms with Gasteiger partial charge in [-0.25, -0.2) is 8.42 Å². The average molecular weight is 262 g/mol. The first-order valence-electron chi connectivity index (χ1n) is 6.27. The Balaban J connectivity index is 1.75. The lowest BCUT2D eigenvalue weighted by Crippen LogP contribution is -2.43. The van der Waals surface area contributed by atoms with Crippen molar-refractivity contribution in [3.63, 3.8) is 0 Å². The molecule has 0 aromatic rings. The average Bonchev–Trinajstić information content (AvgIpc) is 2.51. The summed E-state index contributed by atoms with van der Waals surface area (Å²) in [4.78, 5) is 2.31. The van der Waals surface area contributed by atoms with E-state index in [0.29, 0.717) is 5.92 Å². The molecular formula is C11H22N2O3S. The summed E-state index contributed by atoms with van der Waals surface area (Å²) in [5.74, 6) is 0.612. The number of nitrogens with zero attached hydrogens (tertiary/aromatic N) is 1. The molecule has 0 aromatic carbocycles. The van der Waals surface area contributed by atoms with E-state index in [1.165, 1.54) is 0 Å². The van der Waals surface area contributed by atoms with Crippen molar-refractivity contribution >= 4 is 9.84 Å². The summed E-state index contributed by atoms with van der Waals surface area (Å²) in [6.45, 7) is 3.04. The zero-order chi connectivity index (χ0) is 12.5. The summed E-state index contributed by atoms with van der Waals surface area (Å²) in [7, 11) is -0.905. The highest BCUT2D eigenvalue weighted by atomic mass is 32.2. The number of aliphatic hydroxyl groups is 1. The predicted molar refractivity (Wildman–Crippen MR) is 66.7 cm³/mol. The number of hydrogen-bond donors (Lipinski definition) is 2. The van der Waals surface area contributed by atoms with Crippen molar-refractivity contribution in [2.75, 3.05) is 38.2 Å². The van der Waals surface area contributed by atoms with Crippen LogP contribution in [0.1, 0.15) is 12.8 Å². The lowest BCUT2D eigenvalue weighted by Gasteiger charge is -2.30. The van der Waals surface area contributed by atoms with Gasteiger partial charge in [-0.15, -0.1) is 0 Å². The Morgan fingerprint density at radius 3 is 2.47 bits per heavy atom. The minimum atomic E-state index is -3.03. The standard InChI is InChI=1S/C11H22N2O3S/c1-13-4-2-9(3-5-13)6-12-10-7-17(15,16)8-11(10)14/h9-12,14H,2-8H2,1H3. The molecule has 0 bridgehead atoms. The topological polar surface area (TPSA) is 69.6 Å². The molecule has 0 aromatic heterocycles. The molecule has 100 valence electrons. The first-order chi connectivity index (χ1) is 7.96. The molecule has 2 aliphatic heterocycles. The van der Waals surface area contributed by atoms with Gasteiger partial charge >= 0.3 is 0 Å². The van der Waals surface area contributed by atoms with Crippen molar-refractivity contribution < 1.29 is 13.5 Å². The van der Waals surface area contributed by atoms with Crippen molar-refractivity contribution in [1.82, 2.24) is 10.2 Å². The normalized spacial score (nSPS) is 35.2. The molecular weight excluding hydrogens is 240 g/mol. The number of nitrogens with one attached hydrogen (secondary N) is 1. The van der Waals surface area contributed by atoms with E-state index in [4.69, 9.17) is 0 Å². The monoisotopic (exact) mass is 262 g/mol. The molecule has 2 atom stereocenters. The van der Waals surface area contributed by atoms with Gasteiger partial charge in [-0.3, -0.25) is 0 Å². The van der Waals surface area contributed by atoms with Gasteiger partial charge in [-0.1, -0.05) is 0 Å². The van der Waals surface area contributed by atoms with Crippen LogP contribution in [0.4, 0.5) is 0 Å². The van der Waals surface area contributed by atoms with E-state index in [0.717, 1.165) is 32.5 Å². The van der Waals surface area contributed by atoms with Crippen LogP contribution in [0.15, 0.2) is 0 Å². The number of aliphatic hydroxyl groups excluding tert-OH is 1. The smallest absolute Gasteiger partial charge is 0.154 e. The first kappa shape index (κ1) is 13.3. The van der Waals surface area contributed by atoms with Gasteiger partial charge in [-0.2, -0.15) is 0 Å². The zero-order valence-electron chi connectivity index (χ0n) is 10.3. The fourth-order valence-corrected chi connectivity index (χ4v) is 4.38. The van der Waals surface area contributed by atoms with Crippen LogP contribution < -0.4 is 5.32 Å². The summed E-state index contributed by atoms with van der Waals surface area (Å²) in [5, 5.41) is 12.9. The Labute approximate surface area is 103 Å². The molecule has 2 heterocycles. The Kier molecular flexibility index (Phi) is 4.07. The SMILES string of the molecule is CN1CCC(CNC2CS(=O)(=O)CC2O)CC1. The zero-order valence-corrected chi connectivity index (χ0v) is 11.1. The minimum absolute atomic E-state index is 0.0841. The van der Waals surface area contributed by atoms with Crippen molar-refractivity contribution in [1.29, 1.82) is 0 Å². The lowest BCUT2D eigenvalue weighted by atomic mass is 9.97. The number of piperidine rings is 1. The highest BCUT2D eigenvalue weighted by molar-refractivity contribution is 7.91. The summed E-state index contributed by atoms with van der Waals surface area (Å²) < 4.78 is 22.7. The molecule has 6 heteroatoms.